The highest BCUT2D eigenvalue weighted by Crippen LogP contribution is 2.09. The molecule has 0 aliphatic carbocycles. The summed E-state index contributed by atoms with van der Waals surface area (Å²) in [5.41, 5.74) is 8.60. The third kappa shape index (κ3) is 6.45. The molecule has 26 heavy (non-hydrogen) atoms. The fourth-order valence-electron chi connectivity index (χ4n) is 3.06. The van der Waals surface area contributed by atoms with E-state index in [2.05, 4.69) is 48.3 Å². The molecule has 1 amide bonds. The number of hydrogen-bond donors (Lipinski definition) is 2. The predicted molar refractivity (Wildman–Crippen MR) is 111 cm³/mol. The van der Waals surface area contributed by atoms with Crippen LogP contribution in [0.25, 0.3) is 0 Å². The molecule has 5 heteroatoms. The largest absolute Gasteiger partial charge is 0.350 e. The standard InChI is InChI=1S/C21H29N3O.ClH/c1-3-24(4-2)20(14-17-8-6-5-7-9-17)16-23-21(25)19-12-10-18(15-22)11-13-19;/h5-13,20H,3-4,14-16,22H2,1-2H3,(H,23,25);1H. The van der Waals surface area contributed by atoms with Crippen molar-refractivity contribution in [3.05, 3.63) is 71.3 Å². The van der Waals surface area contributed by atoms with Gasteiger partial charge in [-0.1, -0.05) is 56.3 Å². The van der Waals surface area contributed by atoms with Crippen molar-refractivity contribution in [3.63, 3.8) is 0 Å². The van der Waals surface area contributed by atoms with E-state index in [-0.39, 0.29) is 24.4 Å². The molecular weight excluding hydrogens is 346 g/mol. The number of carbonyl (C=O) groups is 1. The van der Waals surface area contributed by atoms with Crippen LogP contribution in [0.3, 0.4) is 0 Å². The molecule has 1 unspecified atom stereocenters. The number of nitrogens with two attached hydrogens (primary N) is 1. The molecule has 3 N–H and O–H groups in total. The monoisotopic (exact) mass is 375 g/mol. The van der Waals surface area contributed by atoms with Gasteiger partial charge in [-0.3, -0.25) is 9.69 Å². The summed E-state index contributed by atoms with van der Waals surface area (Å²) < 4.78 is 0. The normalized spacial score (nSPS) is 11.7. The molecule has 0 heterocycles. The molecule has 0 saturated heterocycles. The molecule has 0 saturated carbocycles. The lowest BCUT2D eigenvalue weighted by atomic mass is 10.0. The third-order valence-electron chi connectivity index (χ3n) is 4.59. The van der Waals surface area contributed by atoms with Crippen LogP contribution in [0.2, 0.25) is 0 Å². The van der Waals surface area contributed by atoms with Gasteiger partial charge in [-0.15, -0.1) is 12.4 Å². The molecule has 2 rings (SSSR count). The van der Waals surface area contributed by atoms with Gasteiger partial charge < -0.3 is 11.1 Å². The van der Waals surface area contributed by atoms with Gasteiger partial charge in [0, 0.05) is 24.7 Å². The number of halogens is 1. The Bertz CT molecular complexity index is 642. The lowest BCUT2D eigenvalue weighted by Gasteiger charge is -2.30. The second-order valence-electron chi connectivity index (χ2n) is 6.18. The summed E-state index contributed by atoms with van der Waals surface area (Å²) in [6, 6.07) is 18.2. The third-order valence-corrected chi connectivity index (χ3v) is 4.59. The van der Waals surface area contributed by atoms with Crippen LogP contribution in [0.15, 0.2) is 54.6 Å². The Kier molecular flexibility index (Phi) is 9.96. The first-order valence-corrected chi connectivity index (χ1v) is 9.03. The second-order valence-corrected chi connectivity index (χ2v) is 6.18. The molecule has 2 aromatic carbocycles. The summed E-state index contributed by atoms with van der Waals surface area (Å²) in [6.07, 6.45) is 0.926. The Morgan fingerprint density at radius 3 is 2.15 bits per heavy atom. The average molecular weight is 376 g/mol. The highest BCUT2D eigenvalue weighted by atomic mass is 35.5. The van der Waals surface area contributed by atoms with Gasteiger partial charge >= 0.3 is 0 Å². The summed E-state index contributed by atoms with van der Waals surface area (Å²) in [5, 5.41) is 3.09. The highest BCUT2D eigenvalue weighted by molar-refractivity contribution is 5.94. The molecule has 142 valence electrons. The Morgan fingerprint density at radius 2 is 1.62 bits per heavy atom. The zero-order valence-electron chi connectivity index (χ0n) is 15.7. The number of likely N-dealkylation sites (N-methyl/N-ethyl adjacent to an activating group) is 1. The van der Waals surface area contributed by atoms with E-state index in [4.69, 9.17) is 5.73 Å². The number of carbonyl (C=O) groups excluding carboxylic acids is 1. The van der Waals surface area contributed by atoms with Gasteiger partial charge in [0.25, 0.3) is 5.91 Å². The Balaban J connectivity index is 0.00000338. The van der Waals surface area contributed by atoms with Crippen molar-refractivity contribution in [1.29, 1.82) is 0 Å². The van der Waals surface area contributed by atoms with Crippen molar-refractivity contribution >= 4 is 18.3 Å². The summed E-state index contributed by atoms with van der Waals surface area (Å²) in [7, 11) is 0. The minimum absolute atomic E-state index is 0. The van der Waals surface area contributed by atoms with Gasteiger partial charge in [0.1, 0.15) is 0 Å². The number of benzene rings is 2. The summed E-state index contributed by atoms with van der Waals surface area (Å²) >= 11 is 0. The molecule has 0 radical (unpaired) electrons. The van der Waals surface area contributed by atoms with Crippen molar-refractivity contribution in [2.75, 3.05) is 19.6 Å². The molecule has 0 aliphatic heterocycles. The molecule has 0 aromatic heterocycles. The van der Waals surface area contributed by atoms with E-state index in [1.54, 1.807) is 0 Å². The maximum atomic E-state index is 12.4. The number of nitrogens with zero attached hydrogens (tertiary/aromatic N) is 1. The lowest BCUT2D eigenvalue weighted by Crippen LogP contribution is -2.45. The zero-order valence-corrected chi connectivity index (χ0v) is 16.5. The molecule has 0 spiro atoms. The van der Waals surface area contributed by atoms with Crippen LogP contribution in [0.1, 0.15) is 35.3 Å². The number of rotatable bonds is 9. The summed E-state index contributed by atoms with van der Waals surface area (Å²) in [6.45, 7) is 7.38. The van der Waals surface area contributed by atoms with E-state index in [0.717, 1.165) is 25.1 Å². The van der Waals surface area contributed by atoms with E-state index in [9.17, 15) is 4.79 Å². The smallest absolute Gasteiger partial charge is 0.251 e. The van der Waals surface area contributed by atoms with Crippen molar-refractivity contribution in [3.8, 4) is 0 Å². The molecule has 0 fully saturated rings. The van der Waals surface area contributed by atoms with Gasteiger partial charge in [0.15, 0.2) is 0 Å². The van der Waals surface area contributed by atoms with Crippen LogP contribution in [-0.2, 0) is 13.0 Å². The maximum absolute atomic E-state index is 12.4. The van der Waals surface area contributed by atoms with E-state index < -0.39 is 0 Å². The van der Waals surface area contributed by atoms with Gasteiger partial charge in [-0.2, -0.15) is 0 Å². The van der Waals surface area contributed by atoms with Gasteiger partial charge in [-0.05, 0) is 42.8 Å². The highest BCUT2D eigenvalue weighted by Gasteiger charge is 2.17. The molecule has 0 aliphatic rings. The Labute approximate surface area is 163 Å². The van der Waals surface area contributed by atoms with E-state index in [1.807, 2.05) is 30.3 Å². The van der Waals surface area contributed by atoms with Crippen LogP contribution in [0.5, 0.6) is 0 Å². The fraction of sp³-hybridized carbons (Fsp3) is 0.381. The van der Waals surface area contributed by atoms with E-state index in [1.165, 1.54) is 5.56 Å². The number of nitrogens with one attached hydrogen (secondary N) is 1. The van der Waals surface area contributed by atoms with Crippen molar-refractivity contribution < 1.29 is 4.79 Å². The van der Waals surface area contributed by atoms with Crippen LogP contribution in [-0.4, -0.2) is 36.5 Å². The SMILES string of the molecule is CCN(CC)C(CNC(=O)c1ccc(CN)cc1)Cc1ccccc1.Cl. The number of hydrogen-bond acceptors (Lipinski definition) is 3. The van der Waals surface area contributed by atoms with Gasteiger partial charge in [0.05, 0.1) is 0 Å². The molecular formula is C21H30ClN3O. The zero-order chi connectivity index (χ0) is 18.1. The topological polar surface area (TPSA) is 58.4 Å². The second kappa shape index (κ2) is 11.7. The van der Waals surface area contributed by atoms with Crippen molar-refractivity contribution in [2.24, 2.45) is 5.73 Å². The molecule has 1 atom stereocenters. The predicted octanol–water partition coefficient (Wildman–Crippen LogP) is 3.25. The minimum Gasteiger partial charge on any atom is -0.350 e. The Hall–Kier alpha value is -1.88. The minimum atomic E-state index is -0.0335. The first kappa shape index (κ1) is 22.2. The first-order valence-electron chi connectivity index (χ1n) is 9.03. The molecule has 0 bridgehead atoms. The average Bonchev–Trinajstić information content (AvgIpc) is 2.67. The van der Waals surface area contributed by atoms with Crippen LogP contribution >= 0.6 is 12.4 Å². The summed E-state index contributed by atoms with van der Waals surface area (Å²) in [4.78, 5) is 14.8. The quantitative estimate of drug-likeness (QED) is 0.707. The van der Waals surface area contributed by atoms with Crippen molar-refractivity contribution in [2.45, 2.75) is 32.9 Å². The van der Waals surface area contributed by atoms with Crippen molar-refractivity contribution in [1.82, 2.24) is 10.2 Å². The van der Waals surface area contributed by atoms with E-state index in [0.29, 0.717) is 18.7 Å². The van der Waals surface area contributed by atoms with Crippen LogP contribution in [0, 0.1) is 0 Å². The molecule has 4 nitrogen and oxygen atoms in total. The fourth-order valence-corrected chi connectivity index (χ4v) is 3.06. The lowest BCUT2D eigenvalue weighted by molar-refractivity contribution is 0.0934. The molecule has 2 aromatic rings. The maximum Gasteiger partial charge on any atom is 0.251 e. The van der Waals surface area contributed by atoms with E-state index >= 15 is 0 Å². The van der Waals surface area contributed by atoms with Crippen LogP contribution in [0.4, 0.5) is 0 Å². The Morgan fingerprint density at radius 1 is 1.00 bits per heavy atom. The van der Waals surface area contributed by atoms with Gasteiger partial charge in [-0.25, -0.2) is 0 Å². The number of amides is 1. The summed E-state index contributed by atoms with van der Waals surface area (Å²) in [5.74, 6) is -0.0335. The van der Waals surface area contributed by atoms with Crippen LogP contribution < -0.4 is 11.1 Å². The van der Waals surface area contributed by atoms with Gasteiger partial charge in [0.2, 0.25) is 0 Å². The first-order chi connectivity index (χ1) is 12.2.